The number of nitrogens with zero attached hydrogens (tertiary/aromatic N) is 1. The quantitative estimate of drug-likeness (QED) is 0.528. The highest BCUT2D eigenvalue weighted by Gasteiger charge is 2.40. The molecule has 2 heterocycles. The second-order valence-corrected chi connectivity index (χ2v) is 8.13. The zero-order valence-corrected chi connectivity index (χ0v) is 18.0. The fraction of sp³-hybridized carbons (Fsp3) is 0.273. The lowest BCUT2D eigenvalue weighted by Crippen LogP contribution is -2.60. The van der Waals surface area contributed by atoms with E-state index in [1.165, 1.54) is 4.90 Å². The van der Waals surface area contributed by atoms with Gasteiger partial charge in [0.1, 0.15) is 6.04 Å². The highest BCUT2D eigenvalue weighted by atomic mass is 35.5. The first-order chi connectivity index (χ1) is 15.3. The maximum atomic E-state index is 13.2. The lowest BCUT2D eigenvalue weighted by atomic mass is 9.98. The van der Waals surface area contributed by atoms with Gasteiger partial charge in [0.2, 0.25) is 11.8 Å². The van der Waals surface area contributed by atoms with E-state index in [9.17, 15) is 19.2 Å². The molecule has 9 nitrogen and oxygen atoms in total. The second kappa shape index (κ2) is 8.88. The standard InChI is InChI=1S/C22H22ClN5O4/c1-12-25-17-7-2-13(11-24-22(32)26-15-5-3-14(23)4-6-15)10-16(17)21(31)28(12)18-8-9-19(29)27-20(18)30/h2-7,10,12,18,25H,8-9,11H2,1H3,(H2,24,26,32)(H,27,29,30). The molecule has 2 aromatic rings. The Balaban J connectivity index is 1.44. The highest BCUT2D eigenvalue weighted by molar-refractivity contribution is 6.30. The molecule has 0 saturated carbocycles. The van der Waals surface area contributed by atoms with Crippen LogP contribution in [0.3, 0.4) is 0 Å². The number of urea groups is 1. The topological polar surface area (TPSA) is 120 Å². The average molecular weight is 456 g/mol. The van der Waals surface area contributed by atoms with Crippen LogP contribution in [-0.4, -0.2) is 40.9 Å². The molecule has 2 atom stereocenters. The van der Waals surface area contributed by atoms with Gasteiger partial charge in [0, 0.05) is 29.4 Å². The number of fused-ring (bicyclic) bond motifs is 1. The van der Waals surface area contributed by atoms with Gasteiger partial charge in [0.15, 0.2) is 0 Å². The molecule has 0 radical (unpaired) electrons. The van der Waals surface area contributed by atoms with Gasteiger partial charge in [-0.2, -0.15) is 0 Å². The lowest BCUT2D eigenvalue weighted by Gasteiger charge is -2.41. The van der Waals surface area contributed by atoms with Crippen LogP contribution in [0.2, 0.25) is 5.02 Å². The molecule has 0 spiro atoms. The molecule has 1 fully saturated rings. The van der Waals surface area contributed by atoms with Crippen LogP contribution in [0.5, 0.6) is 0 Å². The molecule has 2 aliphatic heterocycles. The van der Waals surface area contributed by atoms with Crippen molar-refractivity contribution in [1.29, 1.82) is 0 Å². The Morgan fingerprint density at radius 2 is 1.91 bits per heavy atom. The molecule has 4 N–H and O–H groups in total. The molecule has 2 aromatic carbocycles. The number of anilines is 2. The predicted molar refractivity (Wildman–Crippen MR) is 119 cm³/mol. The van der Waals surface area contributed by atoms with Crippen molar-refractivity contribution in [3.05, 3.63) is 58.6 Å². The summed E-state index contributed by atoms with van der Waals surface area (Å²) in [4.78, 5) is 50.6. The van der Waals surface area contributed by atoms with Crippen LogP contribution in [-0.2, 0) is 16.1 Å². The second-order valence-electron chi connectivity index (χ2n) is 7.69. The van der Waals surface area contributed by atoms with Gasteiger partial charge < -0.3 is 20.9 Å². The molecule has 32 heavy (non-hydrogen) atoms. The van der Waals surface area contributed by atoms with Crippen molar-refractivity contribution in [2.45, 2.75) is 38.5 Å². The van der Waals surface area contributed by atoms with Crippen molar-refractivity contribution in [2.75, 3.05) is 10.6 Å². The number of amides is 5. The molecule has 0 aromatic heterocycles. The summed E-state index contributed by atoms with van der Waals surface area (Å²) in [5.41, 5.74) is 2.39. The predicted octanol–water partition coefficient (Wildman–Crippen LogP) is 2.68. The first-order valence-electron chi connectivity index (χ1n) is 10.2. The molecule has 2 unspecified atom stereocenters. The van der Waals surface area contributed by atoms with E-state index in [0.29, 0.717) is 22.0 Å². The van der Waals surface area contributed by atoms with Crippen molar-refractivity contribution in [3.8, 4) is 0 Å². The molecule has 10 heteroatoms. The van der Waals surface area contributed by atoms with E-state index >= 15 is 0 Å². The number of halogens is 1. The molecular weight excluding hydrogens is 434 g/mol. The van der Waals surface area contributed by atoms with Gasteiger partial charge in [-0.1, -0.05) is 17.7 Å². The molecular formula is C22H22ClN5O4. The van der Waals surface area contributed by atoms with E-state index < -0.39 is 24.1 Å². The summed E-state index contributed by atoms with van der Waals surface area (Å²) in [5.74, 6) is -1.10. The maximum Gasteiger partial charge on any atom is 0.319 e. The molecule has 5 amide bonds. The Bertz CT molecular complexity index is 1090. The smallest absolute Gasteiger partial charge is 0.319 e. The van der Waals surface area contributed by atoms with E-state index in [0.717, 1.165) is 5.56 Å². The number of benzene rings is 2. The zero-order chi connectivity index (χ0) is 22.8. The number of piperidine rings is 1. The molecule has 1 saturated heterocycles. The van der Waals surface area contributed by atoms with Gasteiger partial charge in [-0.3, -0.25) is 19.7 Å². The minimum Gasteiger partial charge on any atom is -0.365 e. The maximum absolute atomic E-state index is 13.2. The third kappa shape index (κ3) is 4.52. The Labute approximate surface area is 189 Å². The van der Waals surface area contributed by atoms with Gasteiger partial charge in [-0.15, -0.1) is 0 Å². The van der Waals surface area contributed by atoms with E-state index in [-0.39, 0.29) is 31.2 Å². The fourth-order valence-corrected chi connectivity index (χ4v) is 3.99. The summed E-state index contributed by atoms with van der Waals surface area (Å²) in [6, 6.07) is 10.9. The van der Waals surface area contributed by atoms with E-state index in [1.807, 2.05) is 6.07 Å². The minimum absolute atomic E-state index is 0.187. The van der Waals surface area contributed by atoms with Gasteiger partial charge in [0.05, 0.1) is 11.7 Å². The Morgan fingerprint density at radius 3 is 2.62 bits per heavy atom. The van der Waals surface area contributed by atoms with Crippen molar-refractivity contribution in [3.63, 3.8) is 0 Å². The van der Waals surface area contributed by atoms with Gasteiger partial charge >= 0.3 is 6.03 Å². The Kier molecular flexibility index (Phi) is 6.00. The zero-order valence-electron chi connectivity index (χ0n) is 17.3. The van der Waals surface area contributed by atoms with Gasteiger partial charge in [-0.05, 0) is 55.3 Å². The summed E-state index contributed by atoms with van der Waals surface area (Å²) in [6.07, 6.45) is 0.0594. The van der Waals surface area contributed by atoms with Crippen molar-refractivity contribution in [1.82, 2.24) is 15.5 Å². The largest absolute Gasteiger partial charge is 0.365 e. The average Bonchev–Trinajstić information content (AvgIpc) is 2.75. The summed E-state index contributed by atoms with van der Waals surface area (Å²) in [6.45, 7) is 2.00. The summed E-state index contributed by atoms with van der Waals surface area (Å²) in [7, 11) is 0. The lowest BCUT2D eigenvalue weighted by molar-refractivity contribution is -0.137. The first-order valence-corrected chi connectivity index (χ1v) is 10.6. The minimum atomic E-state index is -0.720. The number of carbonyl (C=O) groups excluding carboxylic acids is 4. The van der Waals surface area contributed by atoms with Crippen LogP contribution < -0.4 is 21.3 Å². The summed E-state index contributed by atoms with van der Waals surface area (Å²) in [5, 5.41) is 11.6. The third-order valence-corrected chi connectivity index (χ3v) is 5.68. The van der Waals surface area contributed by atoms with Crippen LogP contribution >= 0.6 is 11.6 Å². The summed E-state index contributed by atoms with van der Waals surface area (Å²) >= 11 is 5.84. The molecule has 0 aliphatic carbocycles. The molecule has 4 rings (SSSR count). The molecule has 2 aliphatic rings. The Morgan fingerprint density at radius 1 is 1.16 bits per heavy atom. The van der Waals surface area contributed by atoms with Crippen LogP contribution in [0.15, 0.2) is 42.5 Å². The van der Waals surface area contributed by atoms with Crippen LogP contribution in [0.25, 0.3) is 0 Å². The number of hydrogen-bond donors (Lipinski definition) is 4. The van der Waals surface area contributed by atoms with E-state index in [4.69, 9.17) is 11.6 Å². The van der Waals surface area contributed by atoms with Gasteiger partial charge in [-0.25, -0.2) is 4.79 Å². The Hall–Kier alpha value is -3.59. The highest BCUT2D eigenvalue weighted by Crippen LogP contribution is 2.29. The van der Waals surface area contributed by atoms with Crippen molar-refractivity contribution < 1.29 is 19.2 Å². The van der Waals surface area contributed by atoms with E-state index in [1.54, 1.807) is 43.3 Å². The number of rotatable bonds is 4. The van der Waals surface area contributed by atoms with Crippen LogP contribution in [0.4, 0.5) is 16.2 Å². The number of nitrogens with one attached hydrogen (secondary N) is 4. The van der Waals surface area contributed by atoms with E-state index in [2.05, 4.69) is 21.3 Å². The monoisotopic (exact) mass is 455 g/mol. The van der Waals surface area contributed by atoms with Crippen molar-refractivity contribution >= 4 is 46.7 Å². The normalized spacial score (nSPS) is 20.2. The number of carbonyl (C=O) groups is 4. The van der Waals surface area contributed by atoms with Crippen LogP contribution in [0, 0.1) is 0 Å². The van der Waals surface area contributed by atoms with Crippen molar-refractivity contribution in [2.24, 2.45) is 0 Å². The van der Waals surface area contributed by atoms with Crippen LogP contribution in [0.1, 0.15) is 35.7 Å². The number of imide groups is 1. The fourth-order valence-electron chi connectivity index (χ4n) is 3.86. The molecule has 0 bridgehead atoms. The first kappa shape index (κ1) is 21.6. The van der Waals surface area contributed by atoms with Gasteiger partial charge in [0.25, 0.3) is 5.91 Å². The number of hydrogen-bond acceptors (Lipinski definition) is 5. The SMILES string of the molecule is CC1Nc2ccc(CNC(=O)Nc3ccc(Cl)cc3)cc2C(=O)N1C1CCC(=O)NC1=O. The summed E-state index contributed by atoms with van der Waals surface area (Å²) < 4.78 is 0. The molecule has 166 valence electrons. The third-order valence-electron chi connectivity index (χ3n) is 5.43.